The Balaban J connectivity index is 2.09. The van der Waals surface area contributed by atoms with E-state index in [0.29, 0.717) is 19.6 Å². The van der Waals surface area contributed by atoms with Gasteiger partial charge in [0.2, 0.25) is 0 Å². The Labute approximate surface area is 140 Å². The van der Waals surface area contributed by atoms with Crippen molar-refractivity contribution in [2.24, 2.45) is 5.92 Å². The highest BCUT2D eigenvalue weighted by molar-refractivity contribution is 7.19. The summed E-state index contributed by atoms with van der Waals surface area (Å²) < 4.78 is 6.63. The van der Waals surface area contributed by atoms with Crippen LogP contribution in [0.15, 0.2) is 30.3 Å². The minimum absolute atomic E-state index is 0.178. The smallest absolute Gasteiger partial charge is 0.145 e. The number of nitriles is 2. The van der Waals surface area contributed by atoms with Gasteiger partial charge in [0.15, 0.2) is 0 Å². The average Bonchev–Trinajstić information content (AvgIpc) is 3.04. The zero-order valence-electron chi connectivity index (χ0n) is 13.2. The van der Waals surface area contributed by atoms with Crippen LogP contribution in [-0.2, 0) is 10.3 Å². The second-order valence-corrected chi connectivity index (χ2v) is 7.04. The molecule has 0 N–H and O–H groups in total. The van der Waals surface area contributed by atoms with Crippen LogP contribution in [-0.4, -0.2) is 31.2 Å². The van der Waals surface area contributed by atoms with Crippen molar-refractivity contribution in [1.82, 2.24) is 4.90 Å². The van der Waals surface area contributed by atoms with Crippen LogP contribution in [0.2, 0.25) is 0 Å². The summed E-state index contributed by atoms with van der Waals surface area (Å²) in [6.07, 6.45) is 0.521. The van der Waals surface area contributed by atoms with Crippen molar-refractivity contribution < 1.29 is 4.74 Å². The average molecular weight is 325 g/mol. The lowest BCUT2D eigenvalue weighted by molar-refractivity contribution is -0.00918. The van der Waals surface area contributed by atoms with Crippen LogP contribution < -0.4 is 0 Å². The molecule has 1 aliphatic heterocycles. The number of morpholine rings is 1. The second-order valence-electron chi connectivity index (χ2n) is 5.95. The predicted molar refractivity (Wildman–Crippen MR) is 90.9 cm³/mol. The molecule has 0 saturated carbocycles. The van der Waals surface area contributed by atoms with Crippen molar-refractivity contribution >= 4 is 21.4 Å². The number of thiophene rings is 1. The number of hydrogen-bond donors (Lipinski definition) is 0. The molecule has 2 aromatic rings. The van der Waals surface area contributed by atoms with Gasteiger partial charge in [-0.15, -0.1) is 11.3 Å². The summed E-state index contributed by atoms with van der Waals surface area (Å²) in [5.74, 6) is -0.178. The molecule has 1 aliphatic rings. The van der Waals surface area contributed by atoms with E-state index in [1.165, 1.54) is 4.70 Å². The molecule has 2 heterocycles. The van der Waals surface area contributed by atoms with Gasteiger partial charge in [0, 0.05) is 28.6 Å². The molecule has 4 nitrogen and oxygen atoms in total. The van der Waals surface area contributed by atoms with Gasteiger partial charge >= 0.3 is 0 Å². The molecule has 2 unspecified atom stereocenters. The van der Waals surface area contributed by atoms with Crippen LogP contribution in [0.3, 0.4) is 0 Å². The number of nitrogens with zero attached hydrogens (tertiary/aromatic N) is 3. The molecule has 3 rings (SSSR count). The van der Waals surface area contributed by atoms with Crippen LogP contribution in [0.25, 0.3) is 10.1 Å². The number of hydrogen-bond acceptors (Lipinski definition) is 5. The zero-order chi connectivity index (χ0) is 16.3. The summed E-state index contributed by atoms with van der Waals surface area (Å²) in [6, 6.07) is 15.2. The number of ether oxygens (including phenoxy) is 1. The Morgan fingerprint density at radius 3 is 2.70 bits per heavy atom. The first-order chi connectivity index (χ1) is 11.2. The van der Waals surface area contributed by atoms with Crippen molar-refractivity contribution in [3.63, 3.8) is 0 Å². The summed E-state index contributed by atoms with van der Waals surface area (Å²) in [7, 11) is 0. The largest absolute Gasteiger partial charge is 0.379 e. The minimum Gasteiger partial charge on any atom is -0.379 e. The number of fused-ring (bicyclic) bond motifs is 1. The molecule has 1 aromatic heterocycles. The Bertz CT molecular complexity index is 733. The van der Waals surface area contributed by atoms with Crippen molar-refractivity contribution in [3.05, 3.63) is 35.2 Å². The normalized spacial score (nSPS) is 19.6. The van der Waals surface area contributed by atoms with E-state index in [1.807, 2.05) is 19.1 Å². The molecule has 1 saturated heterocycles. The van der Waals surface area contributed by atoms with E-state index in [4.69, 9.17) is 4.74 Å². The molecular formula is C18H19N3OS. The molecule has 0 spiro atoms. The van der Waals surface area contributed by atoms with E-state index in [9.17, 15) is 10.5 Å². The Morgan fingerprint density at radius 2 is 2.04 bits per heavy atom. The monoisotopic (exact) mass is 325 g/mol. The van der Waals surface area contributed by atoms with E-state index in [2.05, 4.69) is 35.2 Å². The van der Waals surface area contributed by atoms with Crippen molar-refractivity contribution in [2.75, 3.05) is 26.3 Å². The van der Waals surface area contributed by atoms with Gasteiger partial charge in [0.1, 0.15) is 5.54 Å². The first-order valence-corrected chi connectivity index (χ1v) is 8.64. The first-order valence-electron chi connectivity index (χ1n) is 7.82. The molecule has 23 heavy (non-hydrogen) atoms. The highest BCUT2D eigenvalue weighted by Gasteiger charge is 2.42. The van der Waals surface area contributed by atoms with Crippen molar-refractivity contribution in [1.29, 1.82) is 10.5 Å². The maximum absolute atomic E-state index is 10.1. The molecule has 118 valence electrons. The third kappa shape index (κ3) is 2.96. The van der Waals surface area contributed by atoms with Gasteiger partial charge in [-0.05, 0) is 30.9 Å². The summed E-state index contributed by atoms with van der Waals surface area (Å²) in [5, 5.41) is 20.6. The van der Waals surface area contributed by atoms with Gasteiger partial charge < -0.3 is 4.74 Å². The van der Waals surface area contributed by atoms with Crippen molar-refractivity contribution in [3.8, 4) is 12.1 Å². The van der Waals surface area contributed by atoms with Gasteiger partial charge in [0.25, 0.3) is 0 Å². The molecule has 5 heteroatoms. The Morgan fingerprint density at radius 1 is 1.30 bits per heavy atom. The number of benzene rings is 1. The zero-order valence-corrected chi connectivity index (χ0v) is 14.0. The molecule has 0 bridgehead atoms. The Kier molecular flexibility index (Phi) is 4.63. The van der Waals surface area contributed by atoms with Gasteiger partial charge in [0.05, 0.1) is 25.4 Å². The molecule has 1 fully saturated rings. The molecule has 0 radical (unpaired) electrons. The summed E-state index contributed by atoms with van der Waals surface area (Å²) in [4.78, 5) is 3.22. The lowest BCUT2D eigenvalue weighted by Gasteiger charge is -2.40. The fraction of sp³-hybridized carbons (Fsp3) is 0.444. The van der Waals surface area contributed by atoms with Crippen LogP contribution in [0.5, 0.6) is 0 Å². The van der Waals surface area contributed by atoms with Gasteiger partial charge in [-0.2, -0.15) is 10.5 Å². The molecule has 0 aliphatic carbocycles. The third-order valence-electron chi connectivity index (χ3n) is 4.39. The standard InChI is InChI=1S/C18H19N3OS/c1-14(12-19)11-18(13-20,21-6-8-22-9-7-21)17-10-15-4-2-3-5-16(15)23-17/h2-5,10,14H,6-9,11H2,1H3. The topological polar surface area (TPSA) is 60.0 Å². The third-order valence-corrected chi connectivity index (χ3v) is 5.66. The fourth-order valence-corrected chi connectivity index (χ4v) is 4.42. The molecule has 0 amide bonds. The molecular weight excluding hydrogens is 306 g/mol. The van der Waals surface area contributed by atoms with E-state index in [1.54, 1.807) is 11.3 Å². The lowest BCUT2D eigenvalue weighted by Crippen LogP contribution is -2.51. The van der Waals surface area contributed by atoms with Gasteiger partial charge in [-0.1, -0.05) is 18.2 Å². The Hall–Kier alpha value is -1.92. The van der Waals surface area contributed by atoms with Crippen LogP contribution in [0.1, 0.15) is 18.2 Å². The maximum Gasteiger partial charge on any atom is 0.145 e. The molecule has 2 atom stereocenters. The summed E-state index contributed by atoms with van der Waals surface area (Å²) in [5.41, 5.74) is -0.747. The minimum atomic E-state index is -0.747. The molecule has 1 aromatic carbocycles. The van der Waals surface area contributed by atoms with E-state index in [-0.39, 0.29) is 5.92 Å². The maximum atomic E-state index is 10.1. The van der Waals surface area contributed by atoms with Crippen LogP contribution in [0.4, 0.5) is 0 Å². The SMILES string of the molecule is CC(C#N)CC(C#N)(c1cc2ccccc2s1)N1CCOCC1. The van der Waals surface area contributed by atoms with Crippen LogP contribution >= 0.6 is 11.3 Å². The highest BCUT2D eigenvalue weighted by atomic mass is 32.1. The highest BCUT2D eigenvalue weighted by Crippen LogP contribution is 2.41. The quantitative estimate of drug-likeness (QED) is 0.863. The summed E-state index contributed by atoms with van der Waals surface area (Å²) in [6.45, 7) is 4.60. The fourth-order valence-electron chi connectivity index (χ4n) is 3.18. The van der Waals surface area contributed by atoms with Gasteiger partial charge in [-0.3, -0.25) is 4.90 Å². The van der Waals surface area contributed by atoms with E-state index >= 15 is 0 Å². The number of rotatable bonds is 4. The first kappa shape index (κ1) is 16.0. The van der Waals surface area contributed by atoms with E-state index < -0.39 is 5.54 Å². The van der Waals surface area contributed by atoms with Crippen molar-refractivity contribution in [2.45, 2.75) is 18.9 Å². The lowest BCUT2D eigenvalue weighted by atomic mass is 9.86. The van der Waals surface area contributed by atoms with E-state index in [0.717, 1.165) is 23.4 Å². The van der Waals surface area contributed by atoms with Crippen LogP contribution in [0, 0.1) is 28.6 Å². The second kappa shape index (κ2) is 6.68. The van der Waals surface area contributed by atoms with Gasteiger partial charge in [-0.25, -0.2) is 0 Å². The summed E-state index contributed by atoms with van der Waals surface area (Å²) >= 11 is 1.66. The predicted octanol–water partition coefficient (Wildman–Crippen LogP) is 3.50.